The second-order valence-corrected chi connectivity index (χ2v) is 9.81. The zero-order valence-electron chi connectivity index (χ0n) is 18.1. The average Bonchev–Trinajstić information content (AvgIpc) is 3.50. The molecule has 0 unspecified atom stereocenters. The van der Waals surface area contributed by atoms with E-state index in [-0.39, 0.29) is 50.8 Å². The first-order valence-electron chi connectivity index (χ1n) is 9.55. The van der Waals surface area contributed by atoms with Crippen molar-refractivity contribution in [3.8, 4) is 0 Å². The van der Waals surface area contributed by atoms with Gasteiger partial charge in [-0.15, -0.1) is 23.1 Å². The first kappa shape index (κ1) is 26.3. The van der Waals surface area contributed by atoms with Crippen molar-refractivity contribution in [1.82, 2.24) is 21.4 Å². The number of nitrogens with two attached hydrogens (primary N) is 1. The smallest absolute Gasteiger partial charge is 0.352 e. The Hall–Kier alpha value is -3.34. The number of carbonyl (C=O) groups excluding carboxylic acids is 3. The number of thioether (sulfide) groups is 2. The topological polar surface area (TPSA) is 212 Å². The highest BCUT2D eigenvalue weighted by Crippen LogP contribution is 2.41. The van der Waals surface area contributed by atoms with E-state index >= 15 is 0 Å². The predicted octanol–water partition coefficient (Wildman–Crippen LogP) is 1.14. The van der Waals surface area contributed by atoms with Crippen LogP contribution in [0.4, 0.5) is 5.13 Å². The quantitative estimate of drug-likeness (QED) is 0.211. The summed E-state index contributed by atoms with van der Waals surface area (Å²) in [6.07, 6.45) is 1.37. The van der Waals surface area contributed by atoms with E-state index in [0.717, 1.165) is 28.0 Å². The third kappa shape index (κ3) is 5.19. The third-order valence-electron chi connectivity index (χ3n) is 4.80. The number of nitrogens with one attached hydrogen (secondary N) is 1. The summed E-state index contributed by atoms with van der Waals surface area (Å²) in [5, 5.41) is 16.8. The molecule has 0 saturated carbocycles. The monoisotopic (exact) mass is 540 g/mol. The summed E-state index contributed by atoms with van der Waals surface area (Å²) in [6, 6.07) is 2.13. The van der Waals surface area contributed by atoms with Gasteiger partial charge < -0.3 is 31.6 Å². The fourth-order valence-electron chi connectivity index (χ4n) is 3.31. The molecule has 2 aliphatic rings. The van der Waals surface area contributed by atoms with E-state index < -0.39 is 29.2 Å². The van der Waals surface area contributed by atoms with Crippen molar-refractivity contribution in [2.24, 2.45) is 5.16 Å². The number of β-lactam (4-membered cyclic amide) rings is 1. The van der Waals surface area contributed by atoms with Gasteiger partial charge in [0, 0.05) is 16.9 Å². The lowest BCUT2D eigenvalue weighted by molar-refractivity contribution is -0.150. The number of anilines is 1. The number of carboxylic acid groups (broad SMARTS) is 1. The Morgan fingerprint density at radius 1 is 1.46 bits per heavy atom. The van der Waals surface area contributed by atoms with E-state index in [1.165, 1.54) is 36.6 Å². The van der Waals surface area contributed by atoms with Gasteiger partial charge in [-0.25, -0.2) is 9.78 Å². The number of carboxylic acids is 1. The number of aromatic nitrogens is 1. The molecule has 2 aromatic heterocycles. The molecular weight excluding hydrogens is 520 g/mol. The summed E-state index contributed by atoms with van der Waals surface area (Å²) in [5.74, 6) is -2.08. The summed E-state index contributed by atoms with van der Waals surface area (Å²) in [7, 11) is 1.26. The van der Waals surface area contributed by atoms with Crippen molar-refractivity contribution in [2.75, 3.05) is 24.3 Å². The Morgan fingerprint density at radius 3 is 2.83 bits per heavy atom. The molecule has 4 heterocycles. The van der Waals surface area contributed by atoms with Crippen molar-refractivity contribution >= 4 is 68.6 Å². The second-order valence-electron chi connectivity index (χ2n) is 6.87. The Balaban J connectivity index is 0.00000342. The lowest BCUT2D eigenvalue weighted by Gasteiger charge is -2.49. The van der Waals surface area contributed by atoms with Crippen LogP contribution < -0.4 is 17.2 Å². The Labute approximate surface area is 210 Å². The van der Waals surface area contributed by atoms with Gasteiger partial charge in [0.15, 0.2) is 16.6 Å². The van der Waals surface area contributed by atoms with Crippen molar-refractivity contribution in [3.63, 3.8) is 0 Å². The summed E-state index contributed by atoms with van der Waals surface area (Å²) in [4.78, 5) is 59.6. The van der Waals surface area contributed by atoms with Gasteiger partial charge in [0.2, 0.25) is 0 Å². The second kappa shape index (κ2) is 10.9. The van der Waals surface area contributed by atoms with Gasteiger partial charge in [-0.1, -0.05) is 16.9 Å². The lowest BCUT2D eigenvalue weighted by Crippen LogP contribution is -2.71. The first-order valence-corrected chi connectivity index (χ1v) is 12.5. The zero-order valence-corrected chi connectivity index (χ0v) is 20.6. The van der Waals surface area contributed by atoms with Crippen LogP contribution in [0.5, 0.6) is 0 Å². The number of oxime groups is 1. The highest BCUT2D eigenvalue weighted by Gasteiger charge is 2.54. The lowest BCUT2D eigenvalue weighted by atomic mass is 10.0. The van der Waals surface area contributed by atoms with E-state index in [1.54, 1.807) is 6.07 Å². The molecule has 2 aromatic rings. The number of furan rings is 1. The maximum absolute atomic E-state index is 12.8. The number of amides is 2. The number of nitrogen functional groups attached to an aromatic ring is 1. The number of hydrogen-bond acceptors (Lipinski definition) is 13. The van der Waals surface area contributed by atoms with Crippen molar-refractivity contribution in [2.45, 2.75) is 11.4 Å². The molecule has 1 fully saturated rings. The molecule has 0 aliphatic carbocycles. The fraction of sp³-hybridized carbons (Fsp3) is 0.263. The van der Waals surface area contributed by atoms with E-state index in [0.29, 0.717) is 5.57 Å². The minimum Gasteiger partial charge on any atom is -0.477 e. The van der Waals surface area contributed by atoms with Gasteiger partial charge in [-0.2, -0.15) is 0 Å². The van der Waals surface area contributed by atoms with Gasteiger partial charge in [0.25, 0.3) is 16.9 Å². The normalized spacial score (nSPS) is 19.4. The van der Waals surface area contributed by atoms with Crippen LogP contribution in [-0.2, 0) is 19.2 Å². The maximum atomic E-state index is 12.8. The molecule has 0 aromatic carbocycles. The molecule has 2 aliphatic heterocycles. The minimum absolute atomic E-state index is 0. The molecule has 1 saturated heterocycles. The maximum Gasteiger partial charge on any atom is 0.352 e. The van der Waals surface area contributed by atoms with Crippen LogP contribution in [0.2, 0.25) is 0 Å². The van der Waals surface area contributed by atoms with Crippen LogP contribution >= 0.6 is 34.9 Å². The van der Waals surface area contributed by atoms with Crippen molar-refractivity contribution < 1.29 is 33.5 Å². The number of fused-ring (bicyclic) bond motifs is 1. The minimum atomic E-state index is -1.29. The number of aliphatic carboxylic acids is 1. The fourth-order valence-corrected chi connectivity index (χ4v) is 6.14. The number of hydrogen-bond donors (Lipinski definition) is 4. The van der Waals surface area contributed by atoms with E-state index in [2.05, 4.69) is 15.5 Å². The van der Waals surface area contributed by atoms with Crippen LogP contribution in [-0.4, -0.2) is 73.6 Å². The molecule has 7 N–H and O–H groups in total. The van der Waals surface area contributed by atoms with E-state index in [9.17, 15) is 24.3 Å². The number of rotatable bonds is 8. The predicted molar refractivity (Wildman–Crippen MR) is 130 cm³/mol. The molecule has 13 nitrogen and oxygen atoms in total. The van der Waals surface area contributed by atoms with Gasteiger partial charge in [-0.3, -0.25) is 19.3 Å². The summed E-state index contributed by atoms with van der Waals surface area (Å²) in [5.41, 5.74) is 5.89. The summed E-state index contributed by atoms with van der Waals surface area (Å²) < 4.78 is 5.05. The molecule has 2 atom stereocenters. The molecule has 16 heteroatoms. The van der Waals surface area contributed by atoms with Gasteiger partial charge in [0.05, 0.1) is 6.26 Å². The van der Waals surface area contributed by atoms with Crippen LogP contribution in [0.15, 0.2) is 44.6 Å². The van der Waals surface area contributed by atoms with E-state index in [1.807, 2.05) is 0 Å². The molecule has 35 heavy (non-hydrogen) atoms. The molecule has 186 valence electrons. The van der Waals surface area contributed by atoms with Crippen LogP contribution in [0.3, 0.4) is 0 Å². The largest absolute Gasteiger partial charge is 0.477 e. The van der Waals surface area contributed by atoms with Crippen molar-refractivity contribution in [1.29, 1.82) is 0 Å². The standard InChI is InChI=1S/C19H17N5O7S3.H3N/c1-30-23-11(9-7-34-19(20)21-9)14(25)22-12-15(26)24-13(17(27)28)8(5-32-16(12)24)6-33-18(29)10-3-2-4-31-10;/h2-4,7,12,16H,5-6H2,1H3,(H2,20,21)(H,22,25)(H,27,28);1H3/b23-11-;/t12-,16-;/m1./s1. The molecule has 4 rings (SSSR count). The molecule has 2 amide bonds. The SMILES string of the molecule is CO/N=C(\C(=O)N[C@@H]1C(=O)N2C(C(=O)O)=C(CSC(=O)c3ccco3)CS[C@H]12)c1csc(N)n1.N. The van der Waals surface area contributed by atoms with Gasteiger partial charge in [-0.05, 0) is 17.7 Å². The number of carbonyl (C=O) groups is 4. The van der Waals surface area contributed by atoms with Crippen LogP contribution in [0.1, 0.15) is 16.2 Å². The first-order chi connectivity index (χ1) is 16.3. The third-order valence-corrected chi connectivity index (χ3v) is 7.77. The van der Waals surface area contributed by atoms with E-state index in [4.69, 9.17) is 15.0 Å². The number of thiazole rings is 1. The van der Waals surface area contributed by atoms with Gasteiger partial charge in [0.1, 0.15) is 29.9 Å². The van der Waals surface area contributed by atoms with Crippen LogP contribution in [0.25, 0.3) is 0 Å². The zero-order chi connectivity index (χ0) is 24.4. The highest BCUT2D eigenvalue weighted by atomic mass is 32.2. The summed E-state index contributed by atoms with van der Waals surface area (Å²) >= 11 is 3.29. The average molecular weight is 541 g/mol. The summed E-state index contributed by atoms with van der Waals surface area (Å²) in [6.45, 7) is 0. The number of nitrogens with zero attached hydrogens (tertiary/aromatic N) is 3. The Kier molecular flexibility index (Phi) is 8.21. The molecule has 0 radical (unpaired) electrons. The molecular formula is C19H20N6O7S3. The van der Waals surface area contributed by atoms with Gasteiger partial charge >= 0.3 is 5.97 Å². The highest BCUT2D eigenvalue weighted by molar-refractivity contribution is 8.14. The van der Waals surface area contributed by atoms with Crippen LogP contribution in [0, 0.1) is 0 Å². The Bertz CT molecular complexity index is 1210. The molecule has 0 bridgehead atoms. The molecule has 0 spiro atoms. The van der Waals surface area contributed by atoms with Crippen molar-refractivity contribution in [3.05, 3.63) is 46.5 Å². The Morgan fingerprint density at radius 2 is 2.23 bits per heavy atom.